The molecule has 1 N–H and O–H groups in total. The van der Waals surface area contributed by atoms with Gasteiger partial charge in [0.25, 0.3) is 0 Å². The first-order chi connectivity index (χ1) is 11.1. The topological polar surface area (TPSA) is 46.5 Å². The molecule has 2 aromatic rings. The number of esters is 1. The molecule has 3 heteroatoms. The maximum Gasteiger partial charge on any atom is 0.339 e. The molecular weight excluding hydrogens is 288 g/mol. The van der Waals surface area contributed by atoms with Crippen molar-refractivity contribution >= 4 is 11.5 Å². The van der Waals surface area contributed by atoms with Crippen LogP contribution in [0.15, 0.2) is 78.9 Å². The van der Waals surface area contributed by atoms with Gasteiger partial charge in [-0.1, -0.05) is 67.2 Å². The Morgan fingerprint density at radius 1 is 1.09 bits per heavy atom. The molecule has 0 amide bonds. The van der Waals surface area contributed by atoms with Crippen molar-refractivity contribution in [1.29, 1.82) is 0 Å². The number of aliphatic hydroxyl groups is 1. The van der Waals surface area contributed by atoms with Crippen LogP contribution in [0.4, 0.5) is 0 Å². The van der Waals surface area contributed by atoms with Crippen LogP contribution >= 0.6 is 0 Å². The fourth-order valence-electron chi connectivity index (χ4n) is 2.66. The summed E-state index contributed by atoms with van der Waals surface area (Å²) in [6.07, 6.45) is 1.06. The van der Waals surface area contributed by atoms with E-state index in [4.69, 9.17) is 4.74 Å². The normalized spacial score (nSPS) is 18.2. The number of carbonyl (C=O) groups is 1. The van der Waals surface area contributed by atoms with E-state index in [0.29, 0.717) is 17.6 Å². The summed E-state index contributed by atoms with van der Waals surface area (Å²) in [5, 5.41) is 10.3. The predicted molar refractivity (Wildman–Crippen MR) is 89.5 cm³/mol. The van der Waals surface area contributed by atoms with E-state index in [9.17, 15) is 9.90 Å². The minimum Gasteiger partial charge on any atom is -0.454 e. The van der Waals surface area contributed by atoms with E-state index in [0.717, 1.165) is 11.1 Å². The average molecular weight is 306 g/mol. The van der Waals surface area contributed by atoms with E-state index in [1.165, 1.54) is 0 Å². The van der Waals surface area contributed by atoms with Gasteiger partial charge in [0.05, 0.1) is 11.7 Å². The molecule has 0 saturated carbocycles. The van der Waals surface area contributed by atoms with E-state index < -0.39 is 6.10 Å². The van der Waals surface area contributed by atoms with E-state index >= 15 is 0 Å². The molecule has 3 rings (SSSR count). The Balaban J connectivity index is 1.70. The Kier molecular flexibility index (Phi) is 4.40. The molecule has 0 radical (unpaired) electrons. The van der Waals surface area contributed by atoms with E-state index in [-0.39, 0.29) is 12.1 Å². The van der Waals surface area contributed by atoms with Crippen LogP contribution in [0.2, 0.25) is 0 Å². The monoisotopic (exact) mass is 306 g/mol. The molecule has 1 unspecified atom stereocenters. The molecular formula is C20H18O3. The summed E-state index contributed by atoms with van der Waals surface area (Å²) in [4.78, 5) is 12.0. The molecule has 0 bridgehead atoms. The second-order valence-corrected chi connectivity index (χ2v) is 5.57. The Morgan fingerprint density at radius 2 is 1.70 bits per heavy atom. The molecule has 2 aromatic carbocycles. The first-order valence-electron chi connectivity index (χ1n) is 7.54. The number of carbonyl (C=O) groups excluding carboxylic acids is 1. The Labute approximate surface area is 135 Å². The first-order valence-corrected chi connectivity index (χ1v) is 7.54. The molecule has 116 valence electrons. The fraction of sp³-hybridized carbons (Fsp3) is 0.150. The SMILES string of the molecule is C=C(C[C@@H]1C=C(c2ccccc2)C(=O)O1)C(O)c1ccccc1. The number of cyclic esters (lactones) is 1. The smallest absolute Gasteiger partial charge is 0.339 e. The highest BCUT2D eigenvalue weighted by atomic mass is 16.5. The zero-order valence-electron chi connectivity index (χ0n) is 12.7. The lowest BCUT2D eigenvalue weighted by molar-refractivity contribution is -0.137. The van der Waals surface area contributed by atoms with E-state index in [1.807, 2.05) is 60.7 Å². The molecule has 3 nitrogen and oxygen atoms in total. The van der Waals surface area contributed by atoms with Gasteiger partial charge < -0.3 is 9.84 Å². The van der Waals surface area contributed by atoms with Crippen LogP contribution in [0.3, 0.4) is 0 Å². The first kappa shape index (κ1) is 15.3. The van der Waals surface area contributed by atoms with Gasteiger partial charge in [0, 0.05) is 6.42 Å². The lowest BCUT2D eigenvalue weighted by Crippen LogP contribution is -2.12. The number of aliphatic hydroxyl groups excluding tert-OH is 1. The van der Waals surface area contributed by atoms with Crippen LogP contribution in [-0.2, 0) is 9.53 Å². The third-order valence-electron chi connectivity index (χ3n) is 3.88. The molecule has 1 aliphatic rings. The van der Waals surface area contributed by atoms with Gasteiger partial charge in [-0.05, 0) is 22.8 Å². The largest absolute Gasteiger partial charge is 0.454 e. The van der Waals surface area contributed by atoms with Gasteiger partial charge in [0.1, 0.15) is 6.10 Å². The molecule has 1 aliphatic heterocycles. The van der Waals surface area contributed by atoms with Gasteiger partial charge in [-0.2, -0.15) is 0 Å². The Hall–Kier alpha value is -2.65. The number of hydrogen-bond donors (Lipinski definition) is 1. The standard InChI is InChI=1S/C20H18O3/c1-14(19(21)16-10-6-3-7-11-16)12-17-13-18(20(22)23-17)15-8-4-2-5-9-15/h2-11,13,17,19,21H,1,12H2/t17-,19?/m1/s1. The van der Waals surface area contributed by atoms with E-state index in [1.54, 1.807) is 6.08 Å². The molecule has 0 spiro atoms. The van der Waals surface area contributed by atoms with Crippen molar-refractivity contribution < 1.29 is 14.6 Å². The minimum absolute atomic E-state index is 0.330. The number of ether oxygens (including phenoxy) is 1. The van der Waals surface area contributed by atoms with Crippen molar-refractivity contribution in [2.24, 2.45) is 0 Å². The molecule has 2 atom stereocenters. The van der Waals surface area contributed by atoms with Gasteiger partial charge in [-0.25, -0.2) is 4.79 Å². The summed E-state index contributed by atoms with van der Waals surface area (Å²) in [6.45, 7) is 3.95. The number of benzene rings is 2. The summed E-state index contributed by atoms with van der Waals surface area (Å²) in [5.41, 5.74) is 2.82. The fourth-order valence-corrected chi connectivity index (χ4v) is 2.66. The van der Waals surface area contributed by atoms with Gasteiger partial charge >= 0.3 is 5.97 Å². The highest BCUT2D eigenvalue weighted by Gasteiger charge is 2.28. The second kappa shape index (κ2) is 6.63. The van der Waals surface area contributed by atoms with Gasteiger partial charge in [0.15, 0.2) is 0 Å². The van der Waals surface area contributed by atoms with Crippen LogP contribution in [0.25, 0.3) is 5.57 Å². The zero-order chi connectivity index (χ0) is 16.2. The Bertz CT molecular complexity index is 732. The molecule has 1 heterocycles. The minimum atomic E-state index is -0.760. The summed E-state index contributed by atoms with van der Waals surface area (Å²) in [5.74, 6) is -0.330. The number of rotatable bonds is 5. The van der Waals surface area contributed by atoms with Crippen molar-refractivity contribution in [3.8, 4) is 0 Å². The summed E-state index contributed by atoms with van der Waals surface area (Å²) < 4.78 is 5.38. The quantitative estimate of drug-likeness (QED) is 0.677. The zero-order valence-corrected chi connectivity index (χ0v) is 12.7. The van der Waals surface area contributed by atoms with Crippen LogP contribution in [0.1, 0.15) is 23.7 Å². The highest BCUT2D eigenvalue weighted by Crippen LogP contribution is 2.30. The molecule has 0 aromatic heterocycles. The highest BCUT2D eigenvalue weighted by molar-refractivity contribution is 6.18. The van der Waals surface area contributed by atoms with Crippen molar-refractivity contribution in [1.82, 2.24) is 0 Å². The number of hydrogen-bond acceptors (Lipinski definition) is 3. The molecule has 0 fully saturated rings. The van der Waals surface area contributed by atoms with Crippen molar-refractivity contribution in [3.05, 3.63) is 90.0 Å². The molecule has 0 aliphatic carbocycles. The van der Waals surface area contributed by atoms with Crippen molar-refractivity contribution in [2.45, 2.75) is 18.6 Å². The Morgan fingerprint density at radius 3 is 2.35 bits per heavy atom. The third kappa shape index (κ3) is 3.41. The van der Waals surface area contributed by atoms with Crippen LogP contribution < -0.4 is 0 Å². The van der Waals surface area contributed by atoms with Gasteiger partial charge in [0.2, 0.25) is 0 Å². The van der Waals surface area contributed by atoms with Gasteiger partial charge in [-0.15, -0.1) is 0 Å². The van der Waals surface area contributed by atoms with E-state index in [2.05, 4.69) is 6.58 Å². The second-order valence-electron chi connectivity index (χ2n) is 5.57. The lowest BCUT2D eigenvalue weighted by atomic mass is 9.97. The lowest BCUT2D eigenvalue weighted by Gasteiger charge is -2.16. The summed E-state index contributed by atoms with van der Waals surface area (Å²) in [6, 6.07) is 18.8. The molecule has 0 saturated heterocycles. The maximum absolute atomic E-state index is 12.0. The van der Waals surface area contributed by atoms with Crippen molar-refractivity contribution in [3.63, 3.8) is 0 Å². The third-order valence-corrected chi connectivity index (χ3v) is 3.88. The molecule has 23 heavy (non-hydrogen) atoms. The summed E-state index contributed by atoms with van der Waals surface area (Å²) >= 11 is 0. The predicted octanol–water partition coefficient (Wildman–Crippen LogP) is 3.68. The van der Waals surface area contributed by atoms with Crippen LogP contribution in [0, 0.1) is 0 Å². The summed E-state index contributed by atoms with van der Waals surface area (Å²) in [7, 11) is 0. The van der Waals surface area contributed by atoms with Gasteiger partial charge in [-0.3, -0.25) is 0 Å². The average Bonchev–Trinajstić information content (AvgIpc) is 2.96. The maximum atomic E-state index is 12.0. The van der Waals surface area contributed by atoms with Crippen LogP contribution in [-0.4, -0.2) is 17.2 Å². The van der Waals surface area contributed by atoms with Crippen LogP contribution in [0.5, 0.6) is 0 Å². The van der Waals surface area contributed by atoms with Crippen molar-refractivity contribution in [2.75, 3.05) is 0 Å².